The number of piperidine rings is 1. The predicted molar refractivity (Wildman–Crippen MR) is 84.3 cm³/mol. The van der Waals surface area contributed by atoms with E-state index in [1.54, 1.807) is 11.3 Å². The van der Waals surface area contributed by atoms with Crippen LogP contribution in [-0.2, 0) is 6.42 Å². The normalized spacial score (nSPS) is 19.0. The lowest BCUT2D eigenvalue weighted by molar-refractivity contribution is 0.404. The second-order valence-corrected chi connectivity index (χ2v) is 6.68. The Morgan fingerprint density at radius 1 is 1.29 bits per heavy atom. The van der Waals surface area contributed by atoms with Gasteiger partial charge in [-0.25, -0.2) is 4.39 Å². The van der Waals surface area contributed by atoms with Crippen molar-refractivity contribution in [2.45, 2.75) is 32.6 Å². The van der Waals surface area contributed by atoms with Crippen molar-refractivity contribution < 1.29 is 4.39 Å². The van der Waals surface area contributed by atoms with Gasteiger partial charge in [-0.15, -0.1) is 10.2 Å². The van der Waals surface area contributed by atoms with Crippen molar-refractivity contribution in [1.82, 2.24) is 10.2 Å². The fourth-order valence-electron chi connectivity index (χ4n) is 2.79. The number of hydrogen-bond donors (Lipinski definition) is 0. The molecule has 1 aliphatic rings. The topological polar surface area (TPSA) is 29.0 Å². The Labute approximate surface area is 128 Å². The van der Waals surface area contributed by atoms with E-state index >= 15 is 0 Å². The second-order valence-electron chi connectivity index (χ2n) is 5.64. The molecule has 1 saturated heterocycles. The Kier molecular flexibility index (Phi) is 4.48. The van der Waals surface area contributed by atoms with Gasteiger partial charge in [0, 0.05) is 19.5 Å². The van der Waals surface area contributed by atoms with Crippen LogP contribution in [0.3, 0.4) is 0 Å². The lowest BCUT2D eigenvalue weighted by Crippen LogP contribution is -2.35. The highest BCUT2D eigenvalue weighted by Crippen LogP contribution is 2.28. The smallest absolute Gasteiger partial charge is 0.208 e. The zero-order valence-electron chi connectivity index (χ0n) is 12.3. The van der Waals surface area contributed by atoms with Crippen LogP contribution in [0.1, 0.15) is 36.8 Å². The summed E-state index contributed by atoms with van der Waals surface area (Å²) >= 11 is 1.66. The third-order valence-corrected chi connectivity index (χ3v) is 5.08. The quantitative estimate of drug-likeness (QED) is 0.858. The Balaban J connectivity index is 1.67. The third kappa shape index (κ3) is 3.59. The molecule has 1 fully saturated rings. The van der Waals surface area contributed by atoms with E-state index in [4.69, 9.17) is 0 Å². The molecule has 1 unspecified atom stereocenters. The fourth-order valence-corrected chi connectivity index (χ4v) is 3.70. The first-order valence-electron chi connectivity index (χ1n) is 7.56. The molecule has 112 valence electrons. The van der Waals surface area contributed by atoms with Gasteiger partial charge in [0.15, 0.2) is 0 Å². The summed E-state index contributed by atoms with van der Waals surface area (Å²) in [6, 6.07) is 6.61. The largest absolute Gasteiger partial charge is 0.346 e. The fraction of sp³-hybridized carbons (Fsp3) is 0.500. The molecule has 2 aromatic rings. The maximum atomic E-state index is 12.9. The van der Waals surface area contributed by atoms with E-state index in [2.05, 4.69) is 22.0 Å². The van der Waals surface area contributed by atoms with Crippen molar-refractivity contribution in [2.24, 2.45) is 5.92 Å². The first kappa shape index (κ1) is 14.4. The maximum absolute atomic E-state index is 12.9. The van der Waals surface area contributed by atoms with Crippen LogP contribution in [-0.4, -0.2) is 23.3 Å². The number of halogens is 1. The molecule has 3 rings (SSSR count). The van der Waals surface area contributed by atoms with Crippen LogP contribution >= 0.6 is 11.3 Å². The van der Waals surface area contributed by atoms with Gasteiger partial charge >= 0.3 is 0 Å². The Morgan fingerprint density at radius 2 is 2.10 bits per heavy atom. The van der Waals surface area contributed by atoms with Gasteiger partial charge < -0.3 is 4.90 Å². The van der Waals surface area contributed by atoms with E-state index in [0.29, 0.717) is 0 Å². The molecule has 0 radical (unpaired) electrons. The van der Waals surface area contributed by atoms with Gasteiger partial charge in [0.05, 0.1) is 0 Å². The van der Waals surface area contributed by atoms with E-state index < -0.39 is 0 Å². The van der Waals surface area contributed by atoms with Gasteiger partial charge in [0.1, 0.15) is 10.8 Å². The minimum absolute atomic E-state index is 0.198. The third-order valence-electron chi connectivity index (χ3n) is 4.09. The Morgan fingerprint density at radius 3 is 2.86 bits per heavy atom. The number of aromatic nitrogens is 2. The first-order valence-corrected chi connectivity index (χ1v) is 8.38. The van der Waals surface area contributed by atoms with Crippen molar-refractivity contribution in [2.75, 3.05) is 18.0 Å². The number of anilines is 1. The zero-order valence-corrected chi connectivity index (χ0v) is 13.1. The molecule has 0 saturated carbocycles. The lowest BCUT2D eigenvalue weighted by Gasteiger charge is -2.31. The van der Waals surface area contributed by atoms with Gasteiger partial charge in [0.25, 0.3) is 0 Å². The average molecular weight is 305 g/mol. The molecule has 21 heavy (non-hydrogen) atoms. The summed E-state index contributed by atoms with van der Waals surface area (Å²) < 4.78 is 12.9. The maximum Gasteiger partial charge on any atom is 0.208 e. The summed E-state index contributed by atoms with van der Waals surface area (Å²) in [6.45, 7) is 4.44. The number of benzene rings is 1. The molecule has 2 heterocycles. The Hall–Kier alpha value is -1.49. The highest BCUT2D eigenvalue weighted by atomic mass is 32.1. The number of nitrogens with zero attached hydrogens (tertiary/aromatic N) is 3. The van der Waals surface area contributed by atoms with Crippen molar-refractivity contribution in [1.29, 1.82) is 0 Å². The van der Waals surface area contributed by atoms with Crippen LogP contribution in [0.5, 0.6) is 0 Å². The second kappa shape index (κ2) is 6.52. The zero-order chi connectivity index (χ0) is 14.7. The summed E-state index contributed by atoms with van der Waals surface area (Å²) in [4.78, 5) is 2.36. The van der Waals surface area contributed by atoms with E-state index in [1.165, 1.54) is 31.4 Å². The van der Waals surface area contributed by atoms with E-state index in [0.717, 1.165) is 41.1 Å². The molecule has 5 heteroatoms. The van der Waals surface area contributed by atoms with Gasteiger partial charge in [0.2, 0.25) is 5.13 Å². The van der Waals surface area contributed by atoms with Gasteiger partial charge in [-0.1, -0.05) is 36.8 Å². The van der Waals surface area contributed by atoms with Gasteiger partial charge in [-0.2, -0.15) is 0 Å². The predicted octanol–water partition coefficient (Wildman–Crippen LogP) is 3.89. The van der Waals surface area contributed by atoms with Crippen molar-refractivity contribution in [3.05, 3.63) is 40.7 Å². The lowest BCUT2D eigenvalue weighted by atomic mass is 9.96. The van der Waals surface area contributed by atoms with Crippen LogP contribution in [0.25, 0.3) is 0 Å². The average Bonchev–Trinajstić information content (AvgIpc) is 2.98. The molecule has 1 aromatic heterocycles. The molecule has 1 aromatic carbocycles. The van der Waals surface area contributed by atoms with Crippen molar-refractivity contribution >= 4 is 16.5 Å². The Bertz CT molecular complexity index is 581. The van der Waals surface area contributed by atoms with E-state index in [-0.39, 0.29) is 5.82 Å². The van der Waals surface area contributed by atoms with Gasteiger partial charge in [-0.3, -0.25) is 0 Å². The molecule has 0 amide bonds. The standard InChI is InChI=1S/C16H20FN3S/c1-2-12-4-3-9-20(11-12)16-19-18-15(21-16)10-13-5-7-14(17)8-6-13/h5-8,12H,2-4,9-11H2,1H3. The van der Waals surface area contributed by atoms with Crippen LogP contribution in [0.4, 0.5) is 9.52 Å². The summed E-state index contributed by atoms with van der Waals surface area (Å²) in [5.41, 5.74) is 1.07. The molecule has 0 N–H and O–H groups in total. The molecular formula is C16H20FN3S. The molecule has 0 spiro atoms. The minimum Gasteiger partial charge on any atom is -0.346 e. The van der Waals surface area contributed by atoms with Crippen LogP contribution in [0.2, 0.25) is 0 Å². The molecule has 1 atom stereocenters. The van der Waals surface area contributed by atoms with E-state index in [1.807, 2.05) is 12.1 Å². The summed E-state index contributed by atoms with van der Waals surface area (Å²) in [5, 5.41) is 10.7. The number of hydrogen-bond acceptors (Lipinski definition) is 4. The molecule has 3 nitrogen and oxygen atoms in total. The summed E-state index contributed by atoms with van der Waals surface area (Å²) in [7, 11) is 0. The van der Waals surface area contributed by atoms with Crippen LogP contribution in [0.15, 0.2) is 24.3 Å². The summed E-state index contributed by atoms with van der Waals surface area (Å²) in [6.07, 6.45) is 4.53. The highest BCUT2D eigenvalue weighted by molar-refractivity contribution is 7.15. The minimum atomic E-state index is -0.198. The number of rotatable bonds is 4. The van der Waals surface area contributed by atoms with Gasteiger partial charge in [-0.05, 0) is 36.5 Å². The molecule has 0 bridgehead atoms. The van der Waals surface area contributed by atoms with Crippen molar-refractivity contribution in [3.8, 4) is 0 Å². The highest BCUT2D eigenvalue weighted by Gasteiger charge is 2.21. The SMILES string of the molecule is CCC1CCCN(c2nnc(Cc3ccc(F)cc3)s2)C1. The van der Waals surface area contributed by atoms with Crippen LogP contribution < -0.4 is 4.90 Å². The van der Waals surface area contributed by atoms with Crippen molar-refractivity contribution in [3.63, 3.8) is 0 Å². The molecular weight excluding hydrogens is 285 g/mol. The summed E-state index contributed by atoms with van der Waals surface area (Å²) in [5.74, 6) is 0.582. The molecule has 1 aliphatic heterocycles. The first-order chi connectivity index (χ1) is 10.2. The van der Waals surface area contributed by atoms with E-state index in [9.17, 15) is 4.39 Å². The monoisotopic (exact) mass is 305 g/mol. The molecule has 0 aliphatic carbocycles. The van der Waals surface area contributed by atoms with Crippen LogP contribution in [0, 0.1) is 11.7 Å².